The van der Waals surface area contributed by atoms with Crippen LogP contribution in [0.5, 0.6) is 0 Å². The number of benzene rings is 4. The Bertz CT molecular complexity index is 2090. The van der Waals surface area contributed by atoms with Crippen LogP contribution in [0.1, 0.15) is 155 Å². The molecule has 310 valence electrons. The molecule has 4 aromatic rings. The summed E-state index contributed by atoms with van der Waals surface area (Å²) < 4.78 is 6.92. The first-order valence-electron chi connectivity index (χ1n) is 22.6. The molecule has 0 bridgehead atoms. The van der Waals surface area contributed by atoms with Crippen molar-refractivity contribution in [2.75, 3.05) is 0 Å². The fraction of sp³-hybridized carbons (Fsp3) is 0.481. The molecule has 0 N–H and O–H groups in total. The van der Waals surface area contributed by atoms with Gasteiger partial charge in [-0.25, -0.2) is 0 Å². The Morgan fingerprint density at radius 2 is 0.879 bits per heavy atom. The summed E-state index contributed by atoms with van der Waals surface area (Å²) in [7, 11) is 0. The van der Waals surface area contributed by atoms with Crippen molar-refractivity contribution in [1.29, 1.82) is 0 Å². The summed E-state index contributed by atoms with van der Waals surface area (Å²) in [6.45, 7) is 16.7. The van der Waals surface area contributed by atoms with Crippen molar-refractivity contribution < 1.29 is 17.4 Å². The van der Waals surface area contributed by atoms with Gasteiger partial charge in [-0.2, -0.15) is 0 Å². The first-order chi connectivity index (χ1) is 26.7. The van der Waals surface area contributed by atoms with Gasteiger partial charge in [0.15, 0.2) is 0 Å². The SMILES string of the molecule is CCC1(CC2=Cc3c(-c4cc(C)cc(C)c4)cccc3[CH]2[Zr]([CH3])([CH3])(=[SiH2])[CH]2C(CC3(CC)CCCCC3)=Cc3c(-c4cc(C)cc(C)c4)cccc32)CCCCC1.Cl.Cl. The number of fused-ring (bicyclic) bond motifs is 2. The van der Waals surface area contributed by atoms with E-state index in [1.807, 2.05) is 0 Å². The number of hydrogen-bond donors (Lipinski definition) is 0. The molecule has 0 radical (unpaired) electrons. The third-order valence-corrected chi connectivity index (χ3v) is 33.3. The molecule has 2 saturated carbocycles. The number of allylic oxidation sites excluding steroid dienone is 2. The summed E-state index contributed by atoms with van der Waals surface area (Å²) in [5.74, 6) is 0. The quantitative estimate of drug-likeness (QED) is 0.139. The zero-order valence-electron chi connectivity index (χ0n) is 37.2. The van der Waals surface area contributed by atoms with Crippen LogP contribution in [0.4, 0.5) is 0 Å². The molecule has 0 aromatic heterocycles. The van der Waals surface area contributed by atoms with Crippen LogP contribution >= 0.6 is 24.8 Å². The van der Waals surface area contributed by atoms with Crippen LogP contribution in [0, 0.1) is 38.5 Å². The molecule has 2 unspecified atom stereocenters. The van der Waals surface area contributed by atoms with Crippen LogP contribution < -0.4 is 0 Å². The second-order valence-corrected chi connectivity index (χ2v) is 51.3. The molecule has 2 fully saturated rings. The number of hydrogen-bond acceptors (Lipinski definition) is 0. The Morgan fingerprint density at radius 1 is 0.534 bits per heavy atom. The largest absolute Gasteiger partial charge is 0.147 e. The molecule has 0 spiro atoms. The third kappa shape index (κ3) is 8.46. The van der Waals surface area contributed by atoms with Crippen LogP contribution in [0.2, 0.25) is 9.26 Å². The molecule has 0 aliphatic heterocycles. The van der Waals surface area contributed by atoms with Crippen molar-refractivity contribution in [2.24, 2.45) is 10.8 Å². The molecule has 8 rings (SSSR count). The van der Waals surface area contributed by atoms with Crippen LogP contribution in [0.3, 0.4) is 0 Å². The van der Waals surface area contributed by atoms with E-state index in [1.54, 1.807) is 33.4 Å². The minimum absolute atomic E-state index is 0. The molecule has 0 heterocycles. The van der Waals surface area contributed by atoms with Crippen LogP contribution in [-0.2, 0) is 17.4 Å². The predicted octanol–water partition coefficient (Wildman–Crippen LogP) is 16.5. The van der Waals surface area contributed by atoms with E-state index in [-0.39, 0.29) is 24.8 Å². The molecule has 4 aliphatic rings. The van der Waals surface area contributed by atoms with Crippen molar-refractivity contribution >= 4 is 43.8 Å². The Balaban J connectivity index is 0.00000283. The second-order valence-electron chi connectivity index (χ2n) is 20.8. The number of aryl methyl sites for hydroxylation is 4. The van der Waals surface area contributed by atoms with Gasteiger partial charge in [-0.1, -0.05) is 0 Å². The maximum absolute atomic E-state index is 3.95. The number of rotatable bonds is 10. The smallest absolute Gasteiger partial charge is 0.147 e. The van der Waals surface area contributed by atoms with Gasteiger partial charge in [-0.3, -0.25) is 0 Å². The van der Waals surface area contributed by atoms with Gasteiger partial charge in [0.2, 0.25) is 0 Å². The van der Waals surface area contributed by atoms with Crippen molar-refractivity contribution in [3.63, 3.8) is 0 Å². The van der Waals surface area contributed by atoms with Crippen LogP contribution in [0.15, 0.2) is 83.9 Å². The zero-order valence-corrected chi connectivity index (χ0v) is 42.7. The van der Waals surface area contributed by atoms with E-state index in [4.69, 9.17) is 0 Å². The summed E-state index contributed by atoms with van der Waals surface area (Å²) in [6, 6.07) is 29.3. The first kappa shape index (κ1) is 45.6. The van der Waals surface area contributed by atoms with Crippen LogP contribution in [0.25, 0.3) is 34.4 Å². The van der Waals surface area contributed by atoms with Crippen molar-refractivity contribution in [3.05, 3.63) is 128 Å². The summed E-state index contributed by atoms with van der Waals surface area (Å²) in [5.41, 5.74) is 22.0. The van der Waals surface area contributed by atoms with Crippen LogP contribution in [-0.4, -0.2) is 6.88 Å². The minimum atomic E-state index is -3.95. The fourth-order valence-corrected chi connectivity index (χ4v) is 32.9. The number of halogens is 2. The molecule has 58 heavy (non-hydrogen) atoms. The average Bonchev–Trinajstić information content (AvgIpc) is 3.73. The predicted molar refractivity (Wildman–Crippen MR) is 260 cm³/mol. The Morgan fingerprint density at radius 3 is 1.21 bits per heavy atom. The van der Waals surface area contributed by atoms with Gasteiger partial charge in [-0.15, -0.1) is 24.8 Å². The Labute approximate surface area is 367 Å². The van der Waals surface area contributed by atoms with Gasteiger partial charge < -0.3 is 0 Å². The molecular weight excluding hydrogens is 839 g/mol. The molecule has 4 heteroatoms. The van der Waals surface area contributed by atoms with Gasteiger partial charge in [0.05, 0.1) is 0 Å². The monoisotopic (exact) mass is 908 g/mol. The standard InChI is InChI=1S/2C26H31.2CH3.2ClH.H2Si.Zr/c2*1-4-26(11-6-5-7-12-26)18-21-16-22-9-8-10-24(25(22)17-21)23-14-19(2)13-20(3)15-23;;;;;;/h2*8-10,13-17H,4-7,11-12,18H2,1-3H3;2*1H3;2*1H;1H2;. The maximum Gasteiger partial charge on any atom is -0.147 e. The summed E-state index contributed by atoms with van der Waals surface area (Å²) in [4.78, 5) is 0. The topological polar surface area (TPSA) is 0 Å². The van der Waals surface area contributed by atoms with E-state index >= 15 is 0 Å². The summed E-state index contributed by atoms with van der Waals surface area (Å²) in [6.07, 6.45) is 24.7. The Hall–Kier alpha value is -1.96. The maximum atomic E-state index is 2.92. The molecule has 2 atom stereocenters. The third-order valence-electron chi connectivity index (χ3n) is 15.8. The molecule has 0 saturated heterocycles. The van der Waals surface area contributed by atoms with E-state index in [0.717, 1.165) is 0 Å². The normalized spacial score (nSPS) is 20.9. The second kappa shape index (κ2) is 17.4. The Kier molecular flexibility index (Phi) is 13.7. The van der Waals surface area contributed by atoms with E-state index in [1.165, 1.54) is 134 Å². The summed E-state index contributed by atoms with van der Waals surface area (Å²) in [5, 5.41) is 0. The van der Waals surface area contributed by atoms with Gasteiger partial charge in [0.25, 0.3) is 0 Å². The van der Waals surface area contributed by atoms with E-state index in [9.17, 15) is 0 Å². The van der Waals surface area contributed by atoms with E-state index < -0.39 is 17.4 Å². The molecular formula is C54H72Cl2SiZr. The molecule has 4 aromatic carbocycles. The van der Waals surface area contributed by atoms with Gasteiger partial charge >= 0.3 is 346 Å². The molecule has 0 amide bonds. The fourth-order valence-electron chi connectivity index (χ4n) is 13.2. The van der Waals surface area contributed by atoms with Gasteiger partial charge in [0.1, 0.15) is 0 Å². The van der Waals surface area contributed by atoms with Crippen molar-refractivity contribution in [2.45, 2.75) is 148 Å². The van der Waals surface area contributed by atoms with Crippen molar-refractivity contribution in [3.8, 4) is 22.3 Å². The summed E-state index contributed by atoms with van der Waals surface area (Å²) >= 11 is -3.95. The van der Waals surface area contributed by atoms with Crippen molar-refractivity contribution in [1.82, 2.24) is 0 Å². The van der Waals surface area contributed by atoms with E-state index in [0.29, 0.717) is 18.1 Å². The zero-order chi connectivity index (χ0) is 39.5. The van der Waals surface area contributed by atoms with Gasteiger partial charge in [0, 0.05) is 0 Å². The average molecular weight is 911 g/mol. The minimum Gasteiger partial charge on any atom is -0.147 e. The van der Waals surface area contributed by atoms with Gasteiger partial charge in [-0.05, 0) is 0 Å². The van der Waals surface area contributed by atoms with E-state index in [2.05, 4.69) is 143 Å². The first-order valence-corrected chi connectivity index (χ1v) is 36.3. The molecule has 4 aliphatic carbocycles. The molecule has 0 nitrogen and oxygen atoms in total.